The maximum atomic E-state index is 12.2. The summed E-state index contributed by atoms with van der Waals surface area (Å²) in [5, 5.41) is 8.51. The lowest BCUT2D eigenvalue weighted by atomic mass is 10.1. The second kappa shape index (κ2) is 6.52. The zero-order chi connectivity index (χ0) is 16.2. The van der Waals surface area contributed by atoms with Crippen molar-refractivity contribution in [3.8, 4) is 0 Å². The summed E-state index contributed by atoms with van der Waals surface area (Å²) in [5.74, 6) is -0.144. The average molecular weight is 309 g/mol. The normalized spacial score (nSPS) is 15.6. The molecule has 0 spiro atoms. The van der Waals surface area contributed by atoms with Gasteiger partial charge in [-0.2, -0.15) is 0 Å². The maximum absolute atomic E-state index is 12.2. The molecule has 23 heavy (non-hydrogen) atoms. The molecule has 1 aliphatic carbocycles. The summed E-state index contributed by atoms with van der Waals surface area (Å²) in [4.78, 5) is 23.3. The van der Waals surface area contributed by atoms with Gasteiger partial charge in [0.05, 0.1) is 6.04 Å². The highest BCUT2D eigenvalue weighted by Gasteiger charge is 2.23. The van der Waals surface area contributed by atoms with Gasteiger partial charge in [-0.1, -0.05) is 30.3 Å². The Balaban J connectivity index is 1.63. The number of amides is 3. The fourth-order valence-corrected chi connectivity index (χ4v) is 2.91. The Kier molecular flexibility index (Phi) is 4.28. The van der Waals surface area contributed by atoms with E-state index in [0.29, 0.717) is 11.4 Å². The van der Waals surface area contributed by atoms with Crippen LogP contribution in [0.4, 0.5) is 16.2 Å². The third kappa shape index (κ3) is 3.69. The molecule has 1 aliphatic rings. The minimum absolute atomic E-state index is 0.0460. The van der Waals surface area contributed by atoms with Gasteiger partial charge in [-0.15, -0.1) is 0 Å². The van der Waals surface area contributed by atoms with Crippen LogP contribution in [0.5, 0.6) is 0 Å². The molecule has 1 unspecified atom stereocenters. The molecule has 3 amide bonds. The summed E-state index contributed by atoms with van der Waals surface area (Å²) in [7, 11) is 0. The van der Waals surface area contributed by atoms with Crippen LogP contribution in [-0.4, -0.2) is 11.9 Å². The van der Waals surface area contributed by atoms with Crippen molar-refractivity contribution in [2.75, 3.05) is 10.6 Å². The van der Waals surface area contributed by atoms with E-state index in [1.54, 1.807) is 24.3 Å². The topological polar surface area (TPSA) is 70.2 Å². The number of hydrogen-bond donors (Lipinski definition) is 3. The predicted octanol–water partition coefficient (Wildman–Crippen LogP) is 3.45. The molecule has 0 radical (unpaired) electrons. The number of nitrogens with one attached hydrogen (secondary N) is 3. The molecule has 3 rings (SSSR count). The van der Waals surface area contributed by atoms with Gasteiger partial charge < -0.3 is 16.0 Å². The van der Waals surface area contributed by atoms with Crippen molar-refractivity contribution >= 4 is 23.3 Å². The summed E-state index contributed by atoms with van der Waals surface area (Å²) in [6, 6.07) is 15.1. The first-order valence-electron chi connectivity index (χ1n) is 7.65. The van der Waals surface area contributed by atoms with Crippen molar-refractivity contribution in [2.24, 2.45) is 0 Å². The number of hydrogen-bond acceptors (Lipinski definition) is 2. The molecular formula is C18H19N3O2. The molecule has 0 saturated carbocycles. The maximum Gasteiger partial charge on any atom is 0.319 e. The Hall–Kier alpha value is -2.82. The molecule has 118 valence electrons. The van der Waals surface area contributed by atoms with Gasteiger partial charge in [-0.05, 0) is 42.2 Å². The van der Waals surface area contributed by atoms with Gasteiger partial charge in [0.25, 0.3) is 0 Å². The summed E-state index contributed by atoms with van der Waals surface area (Å²) in [6.07, 6.45) is 1.90. The summed E-state index contributed by atoms with van der Waals surface area (Å²) < 4.78 is 0. The predicted molar refractivity (Wildman–Crippen MR) is 90.4 cm³/mol. The van der Waals surface area contributed by atoms with E-state index in [1.165, 1.54) is 18.1 Å². The smallest absolute Gasteiger partial charge is 0.319 e. The van der Waals surface area contributed by atoms with Crippen molar-refractivity contribution in [1.29, 1.82) is 0 Å². The molecule has 2 aromatic carbocycles. The number of carbonyl (C=O) groups is 2. The molecule has 0 aromatic heterocycles. The third-order valence-corrected chi connectivity index (χ3v) is 3.88. The van der Waals surface area contributed by atoms with Crippen molar-refractivity contribution in [1.82, 2.24) is 5.32 Å². The molecule has 3 N–H and O–H groups in total. The van der Waals surface area contributed by atoms with Gasteiger partial charge in [0.2, 0.25) is 5.91 Å². The molecule has 5 nitrogen and oxygen atoms in total. The van der Waals surface area contributed by atoms with Crippen molar-refractivity contribution in [3.63, 3.8) is 0 Å². The highest BCUT2D eigenvalue weighted by atomic mass is 16.2. The van der Waals surface area contributed by atoms with E-state index in [4.69, 9.17) is 0 Å². The van der Waals surface area contributed by atoms with E-state index in [9.17, 15) is 9.59 Å². The number of rotatable bonds is 3. The molecule has 0 aliphatic heterocycles. The number of anilines is 2. The second-order valence-electron chi connectivity index (χ2n) is 5.65. The highest BCUT2D eigenvalue weighted by Crippen LogP contribution is 2.30. The van der Waals surface area contributed by atoms with Crippen LogP contribution in [0, 0.1) is 0 Å². The molecule has 2 aromatic rings. The summed E-state index contributed by atoms with van der Waals surface area (Å²) in [6.45, 7) is 1.45. The van der Waals surface area contributed by atoms with Gasteiger partial charge >= 0.3 is 6.03 Å². The van der Waals surface area contributed by atoms with Crippen LogP contribution in [0.2, 0.25) is 0 Å². The molecule has 0 heterocycles. The fraction of sp³-hybridized carbons (Fsp3) is 0.222. The molecule has 0 saturated heterocycles. The van der Waals surface area contributed by atoms with Gasteiger partial charge in [-0.3, -0.25) is 4.79 Å². The SMILES string of the molecule is CC(=O)Nc1cccc(NC(=O)NC2CCc3ccccc32)c1. The molecule has 5 heteroatoms. The Morgan fingerprint density at radius 2 is 1.74 bits per heavy atom. The van der Waals surface area contributed by atoms with Crippen LogP contribution in [0.15, 0.2) is 48.5 Å². The number of benzene rings is 2. The first kappa shape index (κ1) is 15.1. The lowest BCUT2D eigenvalue weighted by Gasteiger charge is -2.15. The zero-order valence-electron chi connectivity index (χ0n) is 12.9. The largest absolute Gasteiger partial charge is 0.331 e. The van der Waals surface area contributed by atoms with Gasteiger partial charge in [0, 0.05) is 18.3 Å². The lowest BCUT2D eigenvalue weighted by Crippen LogP contribution is -2.31. The molecular weight excluding hydrogens is 290 g/mol. The van der Waals surface area contributed by atoms with E-state index in [-0.39, 0.29) is 18.0 Å². The monoisotopic (exact) mass is 309 g/mol. The number of fused-ring (bicyclic) bond motifs is 1. The molecule has 1 atom stereocenters. The summed E-state index contributed by atoms with van der Waals surface area (Å²) >= 11 is 0. The van der Waals surface area contributed by atoms with Crippen LogP contribution in [0.1, 0.15) is 30.5 Å². The van der Waals surface area contributed by atoms with Gasteiger partial charge in [0.15, 0.2) is 0 Å². The Labute approximate surface area is 135 Å². The zero-order valence-corrected chi connectivity index (χ0v) is 12.9. The Morgan fingerprint density at radius 1 is 1.00 bits per heavy atom. The van der Waals surface area contributed by atoms with Crippen LogP contribution in [0.25, 0.3) is 0 Å². The lowest BCUT2D eigenvalue weighted by molar-refractivity contribution is -0.114. The fourth-order valence-electron chi connectivity index (χ4n) is 2.91. The van der Waals surface area contributed by atoms with Crippen molar-refractivity contribution in [3.05, 3.63) is 59.7 Å². The quantitative estimate of drug-likeness (QED) is 0.812. The summed E-state index contributed by atoms with van der Waals surface area (Å²) in [5.41, 5.74) is 3.78. The van der Waals surface area contributed by atoms with E-state index in [1.807, 2.05) is 12.1 Å². The average Bonchev–Trinajstić information content (AvgIpc) is 2.90. The third-order valence-electron chi connectivity index (χ3n) is 3.88. The van der Waals surface area contributed by atoms with Crippen LogP contribution >= 0.6 is 0 Å². The van der Waals surface area contributed by atoms with Crippen molar-refractivity contribution < 1.29 is 9.59 Å². The van der Waals surface area contributed by atoms with Crippen molar-refractivity contribution in [2.45, 2.75) is 25.8 Å². The second-order valence-corrected chi connectivity index (χ2v) is 5.65. The van der Waals surface area contributed by atoms with Crippen LogP contribution in [0.3, 0.4) is 0 Å². The van der Waals surface area contributed by atoms with Gasteiger partial charge in [-0.25, -0.2) is 4.79 Å². The standard InChI is InChI=1S/C18H19N3O2/c1-12(22)19-14-6-4-7-15(11-14)20-18(23)21-17-10-9-13-5-2-3-8-16(13)17/h2-8,11,17H,9-10H2,1H3,(H,19,22)(H2,20,21,23). The Bertz CT molecular complexity index is 743. The molecule has 0 bridgehead atoms. The number of urea groups is 1. The van der Waals surface area contributed by atoms with E-state index < -0.39 is 0 Å². The minimum atomic E-state index is -0.244. The first-order valence-corrected chi connectivity index (χ1v) is 7.65. The highest BCUT2D eigenvalue weighted by molar-refractivity contribution is 5.92. The minimum Gasteiger partial charge on any atom is -0.331 e. The van der Waals surface area contributed by atoms with Crippen LogP contribution < -0.4 is 16.0 Å². The molecule has 0 fully saturated rings. The van der Waals surface area contributed by atoms with E-state index >= 15 is 0 Å². The van der Waals surface area contributed by atoms with Crippen LogP contribution in [-0.2, 0) is 11.2 Å². The first-order chi connectivity index (χ1) is 11.1. The van der Waals surface area contributed by atoms with E-state index in [0.717, 1.165) is 12.8 Å². The van der Waals surface area contributed by atoms with Gasteiger partial charge in [0.1, 0.15) is 0 Å². The number of carbonyl (C=O) groups excluding carboxylic acids is 2. The Morgan fingerprint density at radius 3 is 2.52 bits per heavy atom. The number of aryl methyl sites for hydroxylation is 1. The van der Waals surface area contributed by atoms with E-state index in [2.05, 4.69) is 28.1 Å².